The van der Waals surface area contributed by atoms with Crippen LogP contribution in [0.1, 0.15) is 45.7 Å². The van der Waals surface area contributed by atoms with E-state index in [4.69, 9.17) is 0 Å². The van der Waals surface area contributed by atoms with Gasteiger partial charge < -0.3 is 0 Å². The molecule has 80 valence electrons. The molecule has 0 aliphatic carbocycles. The number of hydrogen-bond donors (Lipinski definition) is 0. The second-order valence-electron chi connectivity index (χ2n) is 2.41. The second kappa shape index (κ2) is 12.0. The van der Waals surface area contributed by atoms with E-state index in [1.807, 2.05) is 34.6 Å². The largest absolute Gasteiger partial charge is 0.0871 e. The van der Waals surface area contributed by atoms with Gasteiger partial charge in [0.2, 0.25) is 0 Å². The third kappa shape index (κ3) is 7.60. The zero-order chi connectivity index (χ0) is 11.4. The maximum atomic E-state index is 2.17. The maximum Gasteiger partial charge on any atom is -0.0257 e. The third-order valence-corrected chi connectivity index (χ3v) is 1.40. The van der Waals surface area contributed by atoms with Gasteiger partial charge in [0.25, 0.3) is 0 Å². The predicted molar refractivity (Wildman–Crippen MR) is 68.6 cm³/mol. The topological polar surface area (TPSA) is 0 Å². The van der Waals surface area contributed by atoms with E-state index in [1.165, 1.54) is 11.1 Å². The quantitative estimate of drug-likeness (QED) is 0.582. The molecule has 0 saturated heterocycles. The molecule has 0 nitrogen and oxygen atoms in total. The van der Waals surface area contributed by atoms with Crippen LogP contribution in [-0.4, -0.2) is 0 Å². The van der Waals surface area contributed by atoms with E-state index < -0.39 is 0 Å². The summed E-state index contributed by atoms with van der Waals surface area (Å²) in [5.74, 6) is 0. The first-order valence-electron chi connectivity index (χ1n) is 5.52. The summed E-state index contributed by atoms with van der Waals surface area (Å²) in [5, 5.41) is 0. The molecule has 0 aliphatic heterocycles. The van der Waals surface area contributed by atoms with Crippen molar-refractivity contribution in [2.75, 3.05) is 0 Å². The Morgan fingerprint density at radius 3 is 2.00 bits per heavy atom. The number of benzene rings is 1. The molecule has 0 heterocycles. The van der Waals surface area contributed by atoms with Crippen molar-refractivity contribution in [2.24, 2.45) is 0 Å². The highest BCUT2D eigenvalue weighted by atomic mass is 13.9. The molecule has 1 aromatic rings. The predicted octanol–water partition coefficient (Wildman–Crippen LogP) is 5.08. The zero-order valence-electron chi connectivity index (χ0n) is 10.5. The van der Waals surface area contributed by atoms with Crippen LogP contribution in [0.25, 0.3) is 6.08 Å². The second-order valence-corrected chi connectivity index (χ2v) is 2.41. The summed E-state index contributed by atoms with van der Waals surface area (Å²) in [6.45, 7) is 12.1. The molecule has 0 heteroatoms. The standard InChI is InChI=1S/C10H12.2C2H6/c1-3-5-10-7-4-6-9(2)8-10;2*1-2/h3-8H,1-2H3;2*1-2H3/b5-3+;;. The minimum absolute atomic E-state index is 1.28. The van der Waals surface area contributed by atoms with Gasteiger partial charge in [0.05, 0.1) is 0 Å². The van der Waals surface area contributed by atoms with Crippen molar-refractivity contribution < 1.29 is 0 Å². The Morgan fingerprint density at radius 1 is 1.00 bits per heavy atom. The Kier molecular flexibility index (Phi) is 13.2. The van der Waals surface area contributed by atoms with Crippen LogP contribution in [0.15, 0.2) is 30.3 Å². The molecule has 0 saturated carbocycles. The van der Waals surface area contributed by atoms with Gasteiger partial charge in [0.1, 0.15) is 0 Å². The van der Waals surface area contributed by atoms with Crippen LogP contribution in [-0.2, 0) is 0 Å². The molecule has 0 atom stereocenters. The summed E-state index contributed by atoms with van der Waals surface area (Å²) in [6.07, 6.45) is 4.15. The van der Waals surface area contributed by atoms with Gasteiger partial charge >= 0.3 is 0 Å². The summed E-state index contributed by atoms with van der Waals surface area (Å²) in [6, 6.07) is 8.45. The molecule has 0 aliphatic rings. The minimum Gasteiger partial charge on any atom is -0.0871 e. The average Bonchev–Trinajstić information content (AvgIpc) is 2.24. The van der Waals surface area contributed by atoms with Crippen molar-refractivity contribution in [1.29, 1.82) is 0 Å². The molecule has 14 heavy (non-hydrogen) atoms. The molecule has 1 aromatic carbocycles. The highest BCUT2D eigenvalue weighted by Crippen LogP contribution is 2.04. The lowest BCUT2D eigenvalue weighted by Crippen LogP contribution is -1.72. The molecule has 0 N–H and O–H groups in total. The minimum atomic E-state index is 1.28. The van der Waals surface area contributed by atoms with Crippen LogP contribution in [0.4, 0.5) is 0 Å². The fourth-order valence-electron chi connectivity index (χ4n) is 0.966. The van der Waals surface area contributed by atoms with Gasteiger partial charge in [-0.25, -0.2) is 0 Å². The summed E-state index contributed by atoms with van der Waals surface area (Å²) in [4.78, 5) is 0. The van der Waals surface area contributed by atoms with Crippen molar-refractivity contribution in [3.63, 3.8) is 0 Å². The number of aryl methyl sites for hydroxylation is 1. The molecule has 1 rings (SSSR count). The zero-order valence-corrected chi connectivity index (χ0v) is 10.5. The first kappa shape index (κ1) is 15.4. The lowest BCUT2D eigenvalue weighted by Gasteiger charge is -1.93. The van der Waals surface area contributed by atoms with Crippen LogP contribution in [0.2, 0.25) is 0 Å². The van der Waals surface area contributed by atoms with Gasteiger partial charge in [-0.2, -0.15) is 0 Å². The Morgan fingerprint density at radius 2 is 1.57 bits per heavy atom. The van der Waals surface area contributed by atoms with E-state index in [9.17, 15) is 0 Å². The van der Waals surface area contributed by atoms with Crippen molar-refractivity contribution >= 4 is 6.08 Å². The Balaban J connectivity index is 0. The Bertz CT molecular complexity index is 234. The summed E-state index contributed by atoms with van der Waals surface area (Å²) in [7, 11) is 0. The first-order chi connectivity index (χ1) is 6.83. The van der Waals surface area contributed by atoms with Crippen LogP contribution in [0, 0.1) is 6.92 Å². The van der Waals surface area contributed by atoms with Gasteiger partial charge in [-0.3, -0.25) is 0 Å². The molecule has 0 radical (unpaired) electrons. The van der Waals surface area contributed by atoms with Crippen molar-refractivity contribution in [3.05, 3.63) is 41.5 Å². The van der Waals surface area contributed by atoms with Crippen molar-refractivity contribution in [2.45, 2.75) is 41.5 Å². The van der Waals surface area contributed by atoms with Crippen LogP contribution < -0.4 is 0 Å². The summed E-state index contributed by atoms with van der Waals surface area (Å²) in [5.41, 5.74) is 2.60. The van der Waals surface area contributed by atoms with Gasteiger partial charge in [0, 0.05) is 0 Å². The number of hydrogen-bond acceptors (Lipinski definition) is 0. The normalized spacial score (nSPS) is 8.43. The molecule has 0 fully saturated rings. The fourth-order valence-corrected chi connectivity index (χ4v) is 0.966. The van der Waals surface area contributed by atoms with Gasteiger partial charge in [0.15, 0.2) is 0 Å². The van der Waals surface area contributed by atoms with Gasteiger partial charge in [-0.05, 0) is 19.4 Å². The monoisotopic (exact) mass is 192 g/mol. The maximum absolute atomic E-state index is 2.17. The van der Waals surface area contributed by atoms with E-state index in [0.717, 1.165) is 0 Å². The van der Waals surface area contributed by atoms with Gasteiger partial charge in [-0.1, -0.05) is 69.7 Å². The highest BCUT2D eigenvalue weighted by Gasteiger charge is 1.84. The van der Waals surface area contributed by atoms with E-state index in [-0.39, 0.29) is 0 Å². The third-order valence-electron chi connectivity index (χ3n) is 1.40. The smallest absolute Gasteiger partial charge is 0.0257 e. The highest BCUT2D eigenvalue weighted by molar-refractivity contribution is 5.49. The molecule has 0 aromatic heterocycles. The molecular formula is C14H24. The molecule has 0 bridgehead atoms. The van der Waals surface area contributed by atoms with E-state index in [0.29, 0.717) is 0 Å². The number of rotatable bonds is 1. The number of allylic oxidation sites excluding steroid dienone is 1. The lowest BCUT2D eigenvalue weighted by molar-refractivity contribution is 1.46. The first-order valence-corrected chi connectivity index (χ1v) is 5.52. The van der Waals surface area contributed by atoms with E-state index >= 15 is 0 Å². The Labute approximate surface area is 89.7 Å². The molecule has 0 spiro atoms. The van der Waals surface area contributed by atoms with Crippen molar-refractivity contribution in [3.8, 4) is 0 Å². The van der Waals surface area contributed by atoms with Crippen molar-refractivity contribution in [1.82, 2.24) is 0 Å². The van der Waals surface area contributed by atoms with E-state index in [1.54, 1.807) is 0 Å². The van der Waals surface area contributed by atoms with Gasteiger partial charge in [-0.15, -0.1) is 0 Å². The summed E-state index contributed by atoms with van der Waals surface area (Å²) < 4.78 is 0. The fraction of sp³-hybridized carbons (Fsp3) is 0.429. The van der Waals surface area contributed by atoms with E-state index in [2.05, 4.69) is 43.3 Å². The molecule has 0 amide bonds. The van der Waals surface area contributed by atoms with Crippen LogP contribution in [0.3, 0.4) is 0 Å². The van der Waals surface area contributed by atoms with Crippen LogP contribution in [0.5, 0.6) is 0 Å². The Hall–Kier alpha value is -1.04. The average molecular weight is 192 g/mol. The van der Waals surface area contributed by atoms with Crippen LogP contribution >= 0.6 is 0 Å². The summed E-state index contributed by atoms with van der Waals surface area (Å²) >= 11 is 0. The molecular weight excluding hydrogens is 168 g/mol. The lowest BCUT2D eigenvalue weighted by atomic mass is 10.1. The SMILES string of the molecule is C/C=C/c1cccc(C)c1.CC.CC. The molecule has 0 unspecified atom stereocenters.